The van der Waals surface area contributed by atoms with Gasteiger partial charge >= 0.3 is 0 Å². The van der Waals surface area contributed by atoms with Gasteiger partial charge in [0.1, 0.15) is 11.9 Å². The second-order valence-electron chi connectivity index (χ2n) is 5.40. The summed E-state index contributed by atoms with van der Waals surface area (Å²) < 4.78 is 13.2. The van der Waals surface area contributed by atoms with Crippen molar-refractivity contribution in [3.8, 4) is 0 Å². The smallest absolute Gasteiger partial charge is 0.243 e. The monoisotopic (exact) mass is 236 g/mol. The number of hydrogen-bond donors (Lipinski definition) is 1. The van der Waals surface area contributed by atoms with Crippen LogP contribution in [0, 0.1) is 5.82 Å². The number of benzene rings is 1. The Kier molecular flexibility index (Phi) is 2.70. The minimum atomic E-state index is -0.559. The first-order chi connectivity index (χ1) is 7.82. The molecule has 0 aliphatic carbocycles. The molecule has 1 aromatic carbocycles. The van der Waals surface area contributed by atoms with Crippen LogP contribution in [0.2, 0.25) is 0 Å². The maximum atomic E-state index is 13.2. The van der Waals surface area contributed by atoms with E-state index in [0.717, 1.165) is 5.56 Å². The number of carbonyl (C=O) groups excluding carboxylic acids is 1. The van der Waals surface area contributed by atoms with Crippen molar-refractivity contribution in [2.75, 3.05) is 0 Å². The van der Waals surface area contributed by atoms with E-state index in [9.17, 15) is 9.18 Å². The average Bonchev–Trinajstić information content (AvgIpc) is 2.22. The quantitative estimate of drug-likeness (QED) is 0.756. The van der Waals surface area contributed by atoms with Crippen molar-refractivity contribution in [1.82, 2.24) is 4.90 Å². The molecule has 2 rings (SSSR count). The molecular weight excluding hydrogens is 219 g/mol. The fraction of sp³-hybridized carbons (Fsp3) is 0.462. The van der Waals surface area contributed by atoms with E-state index >= 15 is 0 Å². The predicted molar refractivity (Wildman–Crippen MR) is 63.7 cm³/mol. The lowest BCUT2D eigenvalue weighted by atomic mass is 9.84. The van der Waals surface area contributed by atoms with Crippen molar-refractivity contribution in [2.24, 2.45) is 5.73 Å². The molecule has 0 saturated carbocycles. The van der Waals surface area contributed by atoms with E-state index in [-0.39, 0.29) is 23.3 Å². The van der Waals surface area contributed by atoms with Gasteiger partial charge < -0.3 is 10.6 Å². The number of rotatable bonds is 1. The molecule has 1 aromatic rings. The molecule has 0 unspecified atom stereocenters. The fourth-order valence-electron chi connectivity index (χ4n) is 2.31. The van der Waals surface area contributed by atoms with Crippen LogP contribution < -0.4 is 5.73 Å². The number of likely N-dealkylation sites (tertiary alicyclic amines) is 1. The second-order valence-corrected chi connectivity index (χ2v) is 5.40. The Morgan fingerprint density at radius 1 is 1.35 bits per heavy atom. The SMILES string of the molecule is CC(C)(C)N1C(=O)[C@H](N)[C@H]1c1cccc(F)c1. The summed E-state index contributed by atoms with van der Waals surface area (Å²) in [7, 11) is 0. The van der Waals surface area contributed by atoms with Gasteiger partial charge in [0.25, 0.3) is 0 Å². The van der Waals surface area contributed by atoms with Gasteiger partial charge in [0.05, 0.1) is 6.04 Å². The topological polar surface area (TPSA) is 46.3 Å². The summed E-state index contributed by atoms with van der Waals surface area (Å²) in [5.74, 6) is -0.380. The van der Waals surface area contributed by atoms with Crippen molar-refractivity contribution in [3.05, 3.63) is 35.6 Å². The highest BCUT2D eigenvalue weighted by Crippen LogP contribution is 2.39. The molecule has 1 aliphatic rings. The Morgan fingerprint density at radius 3 is 2.53 bits per heavy atom. The van der Waals surface area contributed by atoms with Crippen LogP contribution in [0.25, 0.3) is 0 Å². The molecular formula is C13H17FN2O. The molecule has 92 valence electrons. The van der Waals surface area contributed by atoms with Crippen LogP contribution in [-0.2, 0) is 4.79 Å². The molecule has 0 aromatic heterocycles. The minimum absolute atomic E-state index is 0.0771. The first kappa shape index (κ1) is 12.0. The lowest BCUT2D eigenvalue weighted by molar-refractivity contribution is -0.158. The molecule has 4 heteroatoms. The van der Waals surface area contributed by atoms with Crippen LogP contribution in [0.1, 0.15) is 32.4 Å². The highest BCUT2D eigenvalue weighted by Gasteiger charge is 2.50. The third kappa shape index (κ3) is 1.93. The van der Waals surface area contributed by atoms with Crippen molar-refractivity contribution in [1.29, 1.82) is 0 Å². The molecule has 3 nitrogen and oxygen atoms in total. The van der Waals surface area contributed by atoms with E-state index in [1.165, 1.54) is 12.1 Å². The highest BCUT2D eigenvalue weighted by molar-refractivity contribution is 5.90. The summed E-state index contributed by atoms with van der Waals surface area (Å²) in [5.41, 5.74) is 6.28. The van der Waals surface area contributed by atoms with Gasteiger partial charge in [0, 0.05) is 5.54 Å². The Labute approximate surface area is 100 Å². The van der Waals surface area contributed by atoms with Gasteiger partial charge in [-0.3, -0.25) is 4.79 Å². The number of halogens is 1. The van der Waals surface area contributed by atoms with E-state index in [1.54, 1.807) is 17.0 Å². The van der Waals surface area contributed by atoms with E-state index in [4.69, 9.17) is 5.73 Å². The molecule has 1 aliphatic heterocycles. The Morgan fingerprint density at radius 2 is 2.00 bits per heavy atom. The average molecular weight is 236 g/mol. The Bertz CT molecular complexity index is 453. The molecule has 0 bridgehead atoms. The summed E-state index contributed by atoms with van der Waals surface area (Å²) in [6.45, 7) is 5.84. The van der Waals surface area contributed by atoms with Crippen LogP contribution in [-0.4, -0.2) is 22.4 Å². The van der Waals surface area contributed by atoms with Gasteiger partial charge in [-0.05, 0) is 38.5 Å². The number of nitrogens with zero attached hydrogens (tertiary/aromatic N) is 1. The number of carbonyl (C=O) groups is 1. The summed E-state index contributed by atoms with van der Waals surface area (Å²) in [5, 5.41) is 0. The molecule has 1 amide bonds. The molecule has 0 radical (unpaired) electrons. The predicted octanol–water partition coefficient (Wildman–Crippen LogP) is 1.83. The van der Waals surface area contributed by atoms with Crippen molar-refractivity contribution >= 4 is 5.91 Å². The van der Waals surface area contributed by atoms with Crippen molar-refractivity contribution in [2.45, 2.75) is 38.4 Å². The highest BCUT2D eigenvalue weighted by atomic mass is 19.1. The van der Waals surface area contributed by atoms with Gasteiger partial charge in [-0.2, -0.15) is 0 Å². The van der Waals surface area contributed by atoms with Gasteiger partial charge in [-0.15, -0.1) is 0 Å². The number of β-lactam (4-membered cyclic amide) rings is 1. The molecule has 2 atom stereocenters. The third-order valence-electron chi connectivity index (χ3n) is 3.05. The van der Waals surface area contributed by atoms with Crippen LogP contribution in [0.3, 0.4) is 0 Å². The standard InChI is InChI=1S/C13H17FN2O/c1-13(2,3)16-11(10(15)12(16)17)8-5-4-6-9(14)7-8/h4-7,10-11H,15H2,1-3H3/t10-,11-/m1/s1. The summed E-state index contributed by atoms with van der Waals surface area (Å²) in [6, 6.07) is 5.49. The largest absolute Gasteiger partial charge is 0.327 e. The second kappa shape index (κ2) is 3.81. The summed E-state index contributed by atoms with van der Waals surface area (Å²) in [6.07, 6.45) is 0. The lowest BCUT2D eigenvalue weighted by Crippen LogP contribution is -2.68. The zero-order valence-corrected chi connectivity index (χ0v) is 10.3. The van der Waals surface area contributed by atoms with Crippen LogP contribution >= 0.6 is 0 Å². The molecule has 0 spiro atoms. The first-order valence-electron chi connectivity index (χ1n) is 5.66. The fourth-order valence-corrected chi connectivity index (χ4v) is 2.31. The number of amides is 1. The normalized spacial score (nSPS) is 24.8. The van der Waals surface area contributed by atoms with Gasteiger partial charge in [-0.25, -0.2) is 4.39 Å². The van der Waals surface area contributed by atoms with E-state index < -0.39 is 6.04 Å². The molecule has 2 N–H and O–H groups in total. The van der Waals surface area contributed by atoms with Crippen LogP contribution in [0.5, 0.6) is 0 Å². The van der Waals surface area contributed by atoms with E-state index in [2.05, 4.69) is 0 Å². The van der Waals surface area contributed by atoms with Gasteiger partial charge in [0.15, 0.2) is 0 Å². The zero-order chi connectivity index (χ0) is 12.8. The van der Waals surface area contributed by atoms with Crippen molar-refractivity contribution < 1.29 is 9.18 Å². The summed E-state index contributed by atoms with van der Waals surface area (Å²) in [4.78, 5) is 13.5. The molecule has 1 heterocycles. The van der Waals surface area contributed by atoms with E-state index in [1.807, 2.05) is 20.8 Å². The van der Waals surface area contributed by atoms with Gasteiger partial charge in [0.2, 0.25) is 5.91 Å². The molecule has 1 saturated heterocycles. The molecule has 17 heavy (non-hydrogen) atoms. The van der Waals surface area contributed by atoms with Gasteiger partial charge in [-0.1, -0.05) is 12.1 Å². The summed E-state index contributed by atoms with van der Waals surface area (Å²) >= 11 is 0. The van der Waals surface area contributed by atoms with E-state index in [0.29, 0.717) is 0 Å². The first-order valence-corrected chi connectivity index (χ1v) is 5.66. The minimum Gasteiger partial charge on any atom is -0.327 e. The van der Waals surface area contributed by atoms with Crippen molar-refractivity contribution in [3.63, 3.8) is 0 Å². The van der Waals surface area contributed by atoms with Crippen LogP contribution in [0.15, 0.2) is 24.3 Å². The Balaban J connectivity index is 2.35. The van der Waals surface area contributed by atoms with Crippen LogP contribution in [0.4, 0.5) is 4.39 Å². The zero-order valence-electron chi connectivity index (χ0n) is 10.3. The lowest BCUT2D eigenvalue weighted by Gasteiger charge is -2.52. The number of hydrogen-bond acceptors (Lipinski definition) is 2. The third-order valence-corrected chi connectivity index (χ3v) is 3.05. The maximum Gasteiger partial charge on any atom is 0.243 e. The molecule has 1 fully saturated rings. The Hall–Kier alpha value is -1.42. The number of nitrogens with two attached hydrogens (primary N) is 1. The maximum absolute atomic E-state index is 13.2.